The fourth-order valence-corrected chi connectivity index (χ4v) is 2.44. The van der Waals surface area contributed by atoms with Gasteiger partial charge in [0, 0.05) is 12.6 Å². The Hall–Kier alpha value is -1.43. The summed E-state index contributed by atoms with van der Waals surface area (Å²) in [5.74, 6) is -1.35. The maximum absolute atomic E-state index is 12.1. The number of imide groups is 1. The van der Waals surface area contributed by atoms with Gasteiger partial charge in [0.1, 0.15) is 0 Å². The molecule has 1 N–H and O–H groups in total. The largest absolute Gasteiger partial charge is 0.480 e. The average molecular weight is 254 g/mol. The molecule has 0 spiro atoms. The first-order valence-electron chi connectivity index (χ1n) is 6.36. The van der Waals surface area contributed by atoms with Gasteiger partial charge in [-0.05, 0) is 19.3 Å². The summed E-state index contributed by atoms with van der Waals surface area (Å²) < 4.78 is 0. The van der Waals surface area contributed by atoms with E-state index in [-0.39, 0.29) is 30.8 Å². The van der Waals surface area contributed by atoms with Gasteiger partial charge in [-0.2, -0.15) is 0 Å². The van der Waals surface area contributed by atoms with Crippen LogP contribution in [0.3, 0.4) is 0 Å². The summed E-state index contributed by atoms with van der Waals surface area (Å²) in [5.41, 5.74) is 0. The number of rotatable bonds is 6. The number of hydrogen-bond donors (Lipinski definition) is 1. The lowest BCUT2D eigenvalue weighted by Gasteiger charge is -2.25. The van der Waals surface area contributed by atoms with Crippen LogP contribution in [-0.2, 0) is 14.4 Å². The van der Waals surface area contributed by atoms with Crippen LogP contribution in [-0.4, -0.2) is 57.9 Å². The molecule has 6 nitrogen and oxygen atoms in total. The summed E-state index contributed by atoms with van der Waals surface area (Å²) in [6.07, 6.45) is 2.69. The van der Waals surface area contributed by atoms with E-state index in [9.17, 15) is 14.4 Å². The minimum absolute atomic E-state index is 0.128. The van der Waals surface area contributed by atoms with Crippen LogP contribution < -0.4 is 0 Å². The zero-order valence-corrected chi connectivity index (χ0v) is 10.5. The lowest BCUT2D eigenvalue weighted by atomic mass is 10.2. The molecule has 0 aromatic heterocycles. The summed E-state index contributed by atoms with van der Waals surface area (Å²) in [6, 6.07) is -0.405. The molecule has 18 heavy (non-hydrogen) atoms. The number of aliphatic carboxylic acids is 1. The minimum Gasteiger partial charge on any atom is -0.480 e. The van der Waals surface area contributed by atoms with Crippen LogP contribution in [0.5, 0.6) is 0 Å². The highest BCUT2D eigenvalue weighted by Gasteiger charge is 2.46. The highest BCUT2D eigenvalue weighted by atomic mass is 16.4. The molecule has 1 aliphatic heterocycles. The van der Waals surface area contributed by atoms with E-state index in [0.29, 0.717) is 6.54 Å². The molecule has 1 saturated heterocycles. The highest BCUT2D eigenvalue weighted by molar-refractivity contribution is 6.05. The topological polar surface area (TPSA) is 77.9 Å². The Morgan fingerprint density at radius 1 is 1.44 bits per heavy atom. The first-order valence-corrected chi connectivity index (χ1v) is 6.36. The lowest BCUT2D eigenvalue weighted by Crippen LogP contribution is -2.45. The number of nitrogens with zero attached hydrogens (tertiary/aromatic N) is 2. The first-order chi connectivity index (χ1) is 8.54. The zero-order valence-electron chi connectivity index (χ0n) is 10.5. The molecule has 1 aliphatic carbocycles. The summed E-state index contributed by atoms with van der Waals surface area (Å²) in [7, 11) is 0. The standard InChI is InChI=1S/C12H18N2O4/c1-2-5-13-10(15)6-9(12(13)18)14(7-11(16)17)8-3-4-8/h8-9H,2-7H2,1H3,(H,16,17). The van der Waals surface area contributed by atoms with Crippen molar-refractivity contribution in [2.24, 2.45) is 0 Å². The third-order valence-electron chi connectivity index (χ3n) is 3.40. The normalized spacial score (nSPS) is 24.1. The van der Waals surface area contributed by atoms with Crippen molar-refractivity contribution >= 4 is 17.8 Å². The van der Waals surface area contributed by atoms with Crippen molar-refractivity contribution in [1.29, 1.82) is 0 Å². The summed E-state index contributed by atoms with van der Waals surface area (Å²) in [6.45, 7) is 2.18. The number of hydrogen-bond acceptors (Lipinski definition) is 4. The Labute approximate surface area is 106 Å². The quantitative estimate of drug-likeness (QED) is 0.679. The van der Waals surface area contributed by atoms with Crippen molar-refractivity contribution < 1.29 is 19.5 Å². The van der Waals surface area contributed by atoms with Crippen LogP contribution in [0.2, 0.25) is 0 Å². The SMILES string of the molecule is CCCN1C(=O)CC(N(CC(=O)O)C2CC2)C1=O. The second-order valence-electron chi connectivity index (χ2n) is 4.90. The fraction of sp³-hybridized carbons (Fsp3) is 0.750. The smallest absolute Gasteiger partial charge is 0.317 e. The van der Waals surface area contributed by atoms with Crippen molar-refractivity contribution in [2.75, 3.05) is 13.1 Å². The molecule has 0 aromatic carbocycles. The Bertz CT molecular complexity index is 378. The zero-order chi connectivity index (χ0) is 13.3. The fourth-order valence-electron chi connectivity index (χ4n) is 2.44. The molecule has 2 fully saturated rings. The monoisotopic (exact) mass is 254 g/mol. The number of amides is 2. The molecule has 2 rings (SSSR count). The van der Waals surface area contributed by atoms with Gasteiger partial charge in [-0.25, -0.2) is 0 Å². The van der Waals surface area contributed by atoms with Crippen LogP contribution in [0, 0.1) is 0 Å². The maximum Gasteiger partial charge on any atom is 0.317 e. The molecule has 1 saturated carbocycles. The van der Waals surface area contributed by atoms with Crippen LogP contribution in [0.25, 0.3) is 0 Å². The van der Waals surface area contributed by atoms with Crippen LogP contribution in [0.1, 0.15) is 32.6 Å². The lowest BCUT2D eigenvalue weighted by molar-refractivity contribution is -0.141. The molecule has 0 aromatic rings. The number of carboxylic acids is 1. The molecule has 0 bridgehead atoms. The van der Waals surface area contributed by atoms with Gasteiger partial charge in [-0.3, -0.25) is 24.2 Å². The maximum atomic E-state index is 12.1. The van der Waals surface area contributed by atoms with Crippen LogP contribution in [0.15, 0.2) is 0 Å². The Kier molecular flexibility index (Phi) is 3.65. The summed E-state index contributed by atoms with van der Waals surface area (Å²) >= 11 is 0. The van der Waals surface area contributed by atoms with Gasteiger partial charge in [0.05, 0.1) is 19.0 Å². The van der Waals surface area contributed by atoms with Gasteiger partial charge in [0.25, 0.3) is 0 Å². The number of carbonyl (C=O) groups excluding carboxylic acids is 2. The van der Waals surface area contributed by atoms with Crippen LogP contribution >= 0.6 is 0 Å². The highest BCUT2D eigenvalue weighted by Crippen LogP contribution is 2.32. The molecule has 1 unspecified atom stereocenters. The van der Waals surface area contributed by atoms with Crippen molar-refractivity contribution in [3.05, 3.63) is 0 Å². The van der Waals surface area contributed by atoms with E-state index < -0.39 is 12.0 Å². The van der Waals surface area contributed by atoms with E-state index in [1.807, 2.05) is 6.92 Å². The molecule has 2 amide bonds. The van der Waals surface area contributed by atoms with E-state index in [0.717, 1.165) is 19.3 Å². The van der Waals surface area contributed by atoms with Crippen molar-refractivity contribution in [1.82, 2.24) is 9.80 Å². The van der Waals surface area contributed by atoms with Gasteiger partial charge in [0.2, 0.25) is 11.8 Å². The minimum atomic E-state index is -0.948. The third kappa shape index (κ3) is 2.53. The number of likely N-dealkylation sites (tertiary alicyclic amines) is 1. The number of carbonyl (C=O) groups is 3. The summed E-state index contributed by atoms with van der Waals surface area (Å²) in [5, 5.41) is 8.89. The first kappa shape index (κ1) is 13.0. The predicted octanol–water partition coefficient (Wildman–Crippen LogP) is 0.0729. The van der Waals surface area contributed by atoms with E-state index >= 15 is 0 Å². The molecule has 100 valence electrons. The Morgan fingerprint density at radius 2 is 2.11 bits per heavy atom. The molecule has 6 heteroatoms. The molecule has 2 aliphatic rings. The predicted molar refractivity (Wildman–Crippen MR) is 62.8 cm³/mol. The van der Waals surface area contributed by atoms with Gasteiger partial charge < -0.3 is 5.11 Å². The summed E-state index contributed by atoms with van der Waals surface area (Å²) in [4.78, 5) is 37.7. The number of carboxylic acid groups (broad SMARTS) is 1. The van der Waals surface area contributed by atoms with Crippen molar-refractivity contribution in [3.63, 3.8) is 0 Å². The van der Waals surface area contributed by atoms with Gasteiger partial charge >= 0.3 is 5.97 Å². The molecule has 0 radical (unpaired) electrons. The van der Waals surface area contributed by atoms with E-state index in [2.05, 4.69) is 0 Å². The average Bonchev–Trinajstić information content (AvgIpc) is 3.09. The third-order valence-corrected chi connectivity index (χ3v) is 3.40. The molecular formula is C12H18N2O4. The van der Waals surface area contributed by atoms with Gasteiger partial charge in [-0.1, -0.05) is 6.92 Å². The Balaban J connectivity index is 2.09. The molecular weight excluding hydrogens is 236 g/mol. The van der Waals surface area contributed by atoms with E-state index in [1.165, 1.54) is 4.90 Å². The molecule has 1 heterocycles. The Morgan fingerprint density at radius 3 is 2.61 bits per heavy atom. The van der Waals surface area contributed by atoms with Crippen LogP contribution in [0.4, 0.5) is 0 Å². The second-order valence-corrected chi connectivity index (χ2v) is 4.90. The second kappa shape index (κ2) is 5.06. The van der Waals surface area contributed by atoms with Gasteiger partial charge in [-0.15, -0.1) is 0 Å². The van der Waals surface area contributed by atoms with E-state index in [4.69, 9.17) is 5.11 Å². The van der Waals surface area contributed by atoms with Gasteiger partial charge in [0.15, 0.2) is 0 Å². The van der Waals surface area contributed by atoms with Crippen molar-refractivity contribution in [2.45, 2.75) is 44.7 Å². The molecule has 1 atom stereocenters. The van der Waals surface area contributed by atoms with E-state index in [1.54, 1.807) is 4.90 Å². The van der Waals surface area contributed by atoms with Crippen molar-refractivity contribution in [3.8, 4) is 0 Å².